The second-order valence-corrected chi connectivity index (χ2v) is 7.49. The highest BCUT2D eigenvalue weighted by Crippen LogP contribution is 2.16. The van der Waals surface area contributed by atoms with Gasteiger partial charge in [-0.1, -0.05) is 58.3 Å². The molecule has 0 aromatic carbocycles. The van der Waals surface area contributed by atoms with Crippen LogP contribution in [0.25, 0.3) is 0 Å². The van der Waals surface area contributed by atoms with E-state index in [4.69, 9.17) is 0 Å². The molecule has 1 unspecified atom stereocenters. The van der Waals surface area contributed by atoms with Crippen LogP contribution < -0.4 is 5.32 Å². The summed E-state index contributed by atoms with van der Waals surface area (Å²) in [6, 6.07) is 0. The van der Waals surface area contributed by atoms with Crippen LogP contribution in [0.3, 0.4) is 0 Å². The topological polar surface area (TPSA) is 89.8 Å². The standard InChI is InChI=1S/C18H37NO4S/c1-2-3-4-5-6-7-8-9-10-16(24)11-12-17(23)19-18(13-20,14-21)15-22/h16,20-22,24H,2-15H2,1H3,(H,19,23). The minimum absolute atomic E-state index is 0.183. The largest absolute Gasteiger partial charge is 0.394 e. The Hall–Kier alpha value is -0.300. The Morgan fingerprint density at radius 2 is 1.42 bits per heavy atom. The lowest BCUT2D eigenvalue weighted by molar-refractivity contribution is -0.125. The van der Waals surface area contributed by atoms with Crippen molar-refractivity contribution in [3.63, 3.8) is 0 Å². The van der Waals surface area contributed by atoms with Crippen LogP contribution in [-0.4, -0.2) is 51.8 Å². The number of carbonyl (C=O) groups is 1. The summed E-state index contributed by atoms with van der Waals surface area (Å²) in [5, 5.41) is 30.3. The van der Waals surface area contributed by atoms with Crippen molar-refractivity contribution >= 4 is 18.5 Å². The molecule has 0 aliphatic heterocycles. The van der Waals surface area contributed by atoms with E-state index >= 15 is 0 Å². The van der Waals surface area contributed by atoms with Crippen molar-refractivity contribution < 1.29 is 20.1 Å². The van der Waals surface area contributed by atoms with Crippen LogP contribution in [0.2, 0.25) is 0 Å². The number of aliphatic hydroxyl groups is 3. The number of amides is 1. The number of hydrogen-bond acceptors (Lipinski definition) is 5. The van der Waals surface area contributed by atoms with E-state index in [0.717, 1.165) is 12.8 Å². The normalized spacial score (nSPS) is 13.0. The van der Waals surface area contributed by atoms with E-state index in [2.05, 4.69) is 24.9 Å². The van der Waals surface area contributed by atoms with E-state index in [1.165, 1.54) is 44.9 Å². The van der Waals surface area contributed by atoms with Gasteiger partial charge in [0, 0.05) is 11.7 Å². The molecular weight excluding hydrogens is 326 g/mol. The molecule has 0 saturated heterocycles. The third-order valence-electron chi connectivity index (χ3n) is 4.41. The van der Waals surface area contributed by atoms with Gasteiger partial charge in [0.05, 0.1) is 19.8 Å². The highest BCUT2D eigenvalue weighted by Gasteiger charge is 2.29. The molecule has 24 heavy (non-hydrogen) atoms. The van der Waals surface area contributed by atoms with Gasteiger partial charge in [-0.2, -0.15) is 12.6 Å². The average molecular weight is 364 g/mol. The van der Waals surface area contributed by atoms with E-state index in [1.807, 2.05) is 0 Å². The predicted octanol–water partition coefficient (Wildman–Crippen LogP) is 2.43. The molecule has 0 rings (SSSR count). The van der Waals surface area contributed by atoms with Gasteiger partial charge in [0.25, 0.3) is 0 Å². The molecule has 0 saturated carbocycles. The number of rotatable bonds is 16. The van der Waals surface area contributed by atoms with Crippen molar-refractivity contribution in [3.8, 4) is 0 Å². The molecule has 0 bridgehead atoms. The number of thiol groups is 1. The molecule has 0 aromatic rings. The summed E-state index contributed by atoms with van der Waals surface area (Å²) >= 11 is 4.53. The quantitative estimate of drug-likeness (QED) is 0.215. The lowest BCUT2D eigenvalue weighted by Gasteiger charge is -2.28. The third kappa shape index (κ3) is 11.3. The maximum atomic E-state index is 11.9. The summed E-state index contributed by atoms with van der Waals surface area (Å²) in [5.41, 5.74) is -1.33. The summed E-state index contributed by atoms with van der Waals surface area (Å²) in [6.07, 6.45) is 12.2. The van der Waals surface area contributed by atoms with E-state index in [9.17, 15) is 20.1 Å². The zero-order chi connectivity index (χ0) is 18.3. The Morgan fingerprint density at radius 3 is 1.92 bits per heavy atom. The molecule has 0 aliphatic rings. The first-order valence-corrected chi connectivity index (χ1v) is 9.87. The minimum Gasteiger partial charge on any atom is -0.394 e. The van der Waals surface area contributed by atoms with Crippen LogP contribution >= 0.6 is 12.6 Å². The zero-order valence-electron chi connectivity index (χ0n) is 15.2. The molecule has 5 nitrogen and oxygen atoms in total. The Morgan fingerprint density at radius 1 is 0.917 bits per heavy atom. The predicted molar refractivity (Wildman–Crippen MR) is 101 cm³/mol. The van der Waals surface area contributed by atoms with Crippen LogP contribution in [0.5, 0.6) is 0 Å². The van der Waals surface area contributed by atoms with Crippen LogP contribution in [0.1, 0.15) is 77.6 Å². The van der Waals surface area contributed by atoms with Crippen molar-refractivity contribution in [2.45, 2.75) is 88.3 Å². The lowest BCUT2D eigenvalue weighted by Crippen LogP contribution is -2.57. The molecule has 1 atom stereocenters. The van der Waals surface area contributed by atoms with E-state index in [1.54, 1.807) is 0 Å². The lowest BCUT2D eigenvalue weighted by atomic mass is 10.0. The van der Waals surface area contributed by atoms with Crippen molar-refractivity contribution in [1.82, 2.24) is 5.32 Å². The van der Waals surface area contributed by atoms with Gasteiger partial charge in [0.1, 0.15) is 5.54 Å². The average Bonchev–Trinajstić information content (AvgIpc) is 2.60. The fraction of sp³-hybridized carbons (Fsp3) is 0.944. The van der Waals surface area contributed by atoms with Crippen LogP contribution in [-0.2, 0) is 4.79 Å². The fourth-order valence-electron chi connectivity index (χ4n) is 2.58. The fourth-order valence-corrected chi connectivity index (χ4v) is 2.89. The summed E-state index contributed by atoms with van der Waals surface area (Å²) in [5.74, 6) is -0.276. The maximum absolute atomic E-state index is 11.9. The van der Waals surface area contributed by atoms with Crippen molar-refractivity contribution in [3.05, 3.63) is 0 Å². The summed E-state index contributed by atoms with van der Waals surface area (Å²) < 4.78 is 0. The molecule has 1 amide bonds. The van der Waals surface area contributed by atoms with Gasteiger partial charge >= 0.3 is 0 Å². The summed E-state index contributed by atoms with van der Waals surface area (Å²) in [7, 11) is 0. The molecule has 0 heterocycles. The van der Waals surface area contributed by atoms with Gasteiger partial charge in [-0.15, -0.1) is 0 Å². The minimum atomic E-state index is -1.33. The number of carbonyl (C=O) groups excluding carboxylic acids is 1. The van der Waals surface area contributed by atoms with Crippen LogP contribution in [0.4, 0.5) is 0 Å². The molecule has 0 spiro atoms. The second kappa shape index (κ2) is 15.0. The highest BCUT2D eigenvalue weighted by molar-refractivity contribution is 7.80. The van der Waals surface area contributed by atoms with E-state index < -0.39 is 25.4 Å². The first-order valence-electron chi connectivity index (χ1n) is 9.35. The molecule has 6 heteroatoms. The monoisotopic (exact) mass is 363 g/mol. The SMILES string of the molecule is CCCCCCCCCCC(S)CCC(=O)NC(CO)(CO)CO. The molecule has 0 aliphatic carbocycles. The molecule has 0 fully saturated rings. The van der Waals surface area contributed by atoms with Crippen LogP contribution in [0.15, 0.2) is 0 Å². The molecule has 0 aromatic heterocycles. The second-order valence-electron chi connectivity index (χ2n) is 6.76. The number of unbranched alkanes of at least 4 members (excludes halogenated alkanes) is 7. The molecule has 4 N–H and O–H groups in total. The summed E-state index contributed by atoms with van der Waals surface area (Å²) in [6.45, 7) is 0.751. The van der Waals surface area contributed by atoms with Crippen molar-refractivity contribution in [2.24, 2.45) is 0 Å². The number of hydrogen-bond donors (Lipinski definition) is 5. The van der Waals surface area contributed by atoms with Gasteiger partial charge in [-0.05, 0) is 12.8 Å². The molecule has 0 radical (unpaired) electrons. The number of nitrogens with one attached hydrogen (secondary N) is 1. The van der Waals surface area contributed by atoms with Crippen molar-refractivity contribution in [2.75, 3.05) is 19.8 Å². The Balaban J connectivity index is 3.71. The Bertz CT molecular complexity index is 303. The summed E-state index contributed by atoms with van der Waals surface area (Å²) in [4.78, 5) is 11.9. The smallest absolute Gasteiger partial charge is 0.220 e. The van der Waals surface area contributed by atoms with Crippen molar-refractivity contribution in [1.29, 1.82) is 0 Å². The van der Waals surface area contributed by atoms with Gasteiger partial charge in [0.2, 0.25) is 5.91 Å². The highest BCUT2D eigenvalue weighted by atomic mass is 32.1. The third-order valence-corrected chi connectivity index (χ3v) is 4.92. The first-order chi connectivity index (χ1) is 11.5. The Kier molecular flexibility index (Phi) is 14.8. The Labute approximate surface area is 152 Å². The zero-order valence-corrected chi connectivity index (χ0v) is 16.1. The van der Waals surface area contributed by atoms with Crippen LogP contribution in [0, 0.1) is 0 Å². The van der Waals surface area contributed by atoms with Gasteiger partial charge in [0.15, 0.2) is 0 Å². The number of aliphatic hydroxyl groups excluding tert-OH is 3. The molecular formula is C18H37NO4S. The van der Waals surface area contributed by atoms with Gasteiger partial charge < -0.3 is 20.6 Å². The molecule has 144 valence electrons. The van der Waals surface area contributed by atoms with E-state index in [-0.39, 0.29) is 17.6 Å². The van der Waals surface area contributed by atoms with Gasteiger partial charge in [-0.25, -0.2) is 0 Å². The van der Waals surface area contributed by atoms with E-state index in [0.29, 0.717) is 6.42 Å². The van der Waals surface area contributed by atoms with Gasteiger partial charge in [-0.3, -0.25) is 4.79 Å². The first kappa shape index (κ1) is 23.7. The maximum Gasteiger partial charge on any atom is 0.220 e.